The summed E-state index contributed by atoms with van der Waals surface area (Å²) < 4.78 is 44.2. The minimum absolute atomic E-state index is 0.0868. The zero-order valence-corrected chi connectivity index (χ0v) is 14.4. The van der Waals surface area contributed by atoms with E-state index in [-0.39, 0.29) is 11.5 Å². The number of rotatable bonds is 5. The molecule has 0 heterocycles. The van der Waals surface area contributed by atoms with Gasteiger partial charge >= 0.3 is 5.97 Å². The van der Waals surface area contributed by atoms with Crippen molar-refractivity contribution in [2.45, 2.75) is 28.5 Å². The van der Waals surface area contributed by atoms with Gasteiger partial charge in [0.1, 0.15) is 16.6 Å². The van der Waals surface area contributed by atoms with Gasteiger partial charge in [-0.1, -0.05) is 30.3 Å². The number of carbonyl (C=O) groups is 1. The maximum absolute atomic E-state index is 13.2. The standard InChI is InChI=1S/C18H18FNO4S/c1-2-24-17(21)18(20)15(12-8-10-13(19)11-9-12)16(18)25(22,23)14-6-4-3-5-7-14/h3-11,15-16H,2,20H2,1H3/t15-,16-,18-/m0/s1. The molecule has 5 nitrogen and oxygen atoms in total. The Morgan fingerprint density at radius 1 is 1.16 bits per heavy atom. The van der Waals surface area contributed by atoms with Crippen LogP contribution in [0.15, 0.2) is 59.5 Å². The van der Waals surface area contributed by atoms with E-state index in [2.05, 4.69) is 0 Å². The van der Waals surface area contributed by atoms with Gasteiger partial charge in [-0.3, -0.25) is 0 Å². The predicted molar refractivity (Wildman–Crippen MR) is 90.1 cm³/mol. The SMILES string of the molecule is CCOC(=O)[C@]1(N)[C@@H](c2ccc(F)cc2)[C@@H]1S(=O)(=O)c1ccccc1. The van der Waals surface area contributed by atoms with E-state index in [0.717, 1.165) is 0 Å². The molecule has 3 rings (SSSR count). The molecular formula is C18H18FNO4S. The highest BCUT2D eigenvalue weighted by molar-refractivity contribution is 7.92. The lowest BCUT2D eigenvalue weighted by molar-refractivity contribution is -0.145. The smallest absolute Gasteiger partial charge is 0.328 e. The van der Waals surface area contributed by atoms with E-state index in [9.17, 15) is 17.6 Å². The Morgan fingerprint density at radius 2 is 1.76 bits per heavy atom. The molecule has 25 heavy (non-hydrogen) atoms. The summed E-state index contributed by atoms with van der Waals surface area (Å²) in [6.45, 7) is 1.71. The lowest BCUT2D eigenvalue weighted by atomic mass is 10.1. The van der Waals surface area contributed by atoms with Gasteiger partial charge in [0.15, 0.2) is 9.84 Å². The van der Waals surface area contributed by atoms with E-state index in [1.165, 1.54) is 36.4 Å². The molecule has 0 spiro atoms. The number of hydrogen-bond acceptors (Lipinski definition) is 5. The van der Waals surface area contributed by atoms with Crippen LogP contribution in [0.3, 0.4) is 0 Å². The third kappa shape index (κ3) is 2.83. The van der Waals surface area contributed by atoms with Crippen molar-refractivity contribution in [1.82, 2.24) is 0 Å². The highest BCUT2D eigenvalue weighted by atomic mass is 32.2. The Morgan fingerprint density at radius 3 is 2.32 bits per heavy atom. The first kappa shape index (κ1) is 17.6. The molecule has 0 saturated heterocycles. The number of hydrogen-bond donors (Lipinski definition) is 1. The molecular weight excluding hydrogens is 345 g/mol. The molecule has 1 aliphatic rings. The summed E-state index contributed by atoms with van der Waals surface area (Å²) in [5.74, 6) is -2.02. The molecule has 0 aliphatic heterocycles. The fraction of sp³-hybridized carbons (Fsp3) is 0.278. The van der Waals surface area contributed by atoms with E-state index < -0.39 is 38.3 Å². The lowest BCUT2D eigenvalue weighted by Gasteiger charge is -2.11. The Hall–Kier alpha value is -2.25. The summed E-state index contributed by atoms with van der Waals surface area (Å²) in [5, 5.41) is -1.16. The fourth-order valence-corrected chi connectivity index (χ4v) is 5.43. The largest absolute Gasteiger partial charge is 0.465 e. The van der Waals surface area contributed by atoms with Crippen molar-refractivity contribution in [2.75, 3.05) is 6.61 Å². The van der Waals surface area contributed by atoms with Gasteiger partial charge in [0, 0.05) is 5.92 Å². The van der Waals surface area contributed by atoms with Crippen LogP contribution in [0.25, 0.3) is 0 Å². The summed E-state index contributed by atoms with van der Waals surface area (Å²) >= 11 is 0. The monoisotopic (exact) mass is 363 g/mol. The van der Waals surface area contributed by atoms with Gasteiger partial charge in [0.05, 0.1) is 11.5 Å². The van der Waals surface area contributed by atoms with Crippen LogP contribution in [-0.4, -0.2) is 31.8 Å². The van der Waals surface area contributed by atoms with E-state index in [4.69, 9.17) is 10.5 Å². The summed E-state index contributed by atoms with van der Waals surface area (Å²) in [6.07, 6.45) is 0. The number of carbonyl (C=O) groups excluding carboxylic acids is 1. The average molecular weight is 363 g/mol. The van der Waals surface area contributed by atoms with Crippen molar-refractivity contribution in [3.63, 3.8) is 0 Å². The molecule has 0 unspecified atom stereocenters. The van der Waals surface area contributed by atoms with Crippen LogP contribution in [0.4, 0.5) is 4.39 Å². The van der Waals surface area contributed by atoms with Crippen molar-refractivity contribution in [3.8, 4) is 0 Å². The first-order chi connectivity index (χ1) is 11.8. The molecule has 2 aromatic rings. The highest BCUT2D eigenvalue weighted by Crippen LogP contribution is 2.56. The number of halogens is 1. The van der Waals surface area contributed by atoms with E-state index >= 15 is 0 Å². The van der Waals surface area contributed by atoms with Gasteiger partial charge in [-0.25, -0.2) is 17.6 Å². The van der Waals surface area contributed by atoms with Crippen LogP contribution >= 0.6 is 0 Å². The maximum atomic E-state index is 13.2. The maximum Gasteiger partial charge on any atom is 0.328 e. The minimum Gasteiger partial charge on any atom is -0.465 e. The van der Waals surface area contributed by atoms with Crippen LogP contribution in [0.1, 0.15) is 18.4 Å². The second-order valence-electron chi connectivity index (χ2n) is 5.96. The number of ether oxygens (including phenoxy) is 1. The van der Waals surface area contributed by atoms with Crippen molar-refractivity contribution in [1.29, 1.82) is 0 Å². The van der Waals surface area contributed by atoms with Gasteiger partial charge in [0.25, 0.3) is 0 Å². The molecule has 1 aliphatic carbocycles. The third-order valence-corrected chi connectivity index (χ3v) is 6.70. The summed E-state index contributed by atoms with van der Waals surface area (Å²) in [4.78, 5) is 12.5. The Bertz CT molecular complexity index is 883. The van der Waals surface area contributed by atoms with Crippen LogP contribution in [0, 0.1) is 5.82 Å². The molecule has 2 N–H and O–H groups in total. The summed E-state index contributed by atoms with van der Waals surface area (Å²) in [5.41, 5.74) is 5.01. The van der Waals surface area contributed by atoms with E-state index in [1.54, 1.807) is 25.1 Å². The molecule has 0 radical (unpaired) electrons. The molecule has 0 aromatic heterocycles. The minimum atomic E-state index is -3.86. The van der Waals surface area contributed by atoms with Gasteiger partial charge in [-0.2, -0.15) is 0 Å². The quantitative estimate of drug-likeness (QED) is 0.822. The van der Waals surface area contributed by atoms with Gasteiger partial charge in [0.2, 0.25) is 0 Å². The third-order valence-electron chi connectivity index (χ3n) is 4.44. The van der Waals surface area contributed by atoms with Crippen LogP contribution in [0.5, 0.6) is 0 Å². The summed E-state index contributed by atoms with van der Waals surface area (Å²) in [7, 11) is -3.86. The normalized spacial score (nSPS) is 25.4. The molecule has 0 amide bonds. The predicted octanol–water partition coefficient (Wildman–Crippen LogP) is 2.03. The molecule has 2 aromatic carbocycles. The van der Waals surface area contributed by atoms with Crippen LogP contribution < -0.4 is 5.73 Å². The second-order valence-corrected chi connectivity index (χ2v) is 8.03. The lowest BCUT2D eigenvalue weighted by Crippen LogP contribution is -2.41. The first-order valence-corrected chi connectivity index (χ1v) is 9.38. The topological polar surface area (TPSA) is 86.5 Å². The molecule has 1 saturated carbocycles. The Kier molecular flexibility index (Phi) is 4.38. The Balaban J connectivity index is 2.06. The zero-order valence-electron chi connectivity index (χ0n) is 13.6. The van der Waals surface area contributed by atoms with Crippen molar-refractivity contribution in [3.05, 3.63) is 66.0 Å². The number of nitrogens with two attached hydrogens (primary N) is 1. The molecule has 132 valence electrons. The molecule has 0 bridgehead atoms. The molecule has 3 atom stereocenters. The first-order valence-electron chi connectivity index (χ1n) is 7.84. The molecule has 7 heteroatoms. The number of benzene rings is 2. The number of esters is 1. The van der Waals surface area contributed by atoms with Gasteiger partial charge < -0.3 is 10.5 Å². The van der Waals surface area contributed by atoms with E-state index in [1.807, 2.05) is 0 Å². The molecule has 1 fully saturated rings. The van der Waals surface area contributed by atoms with Crippen molar-refractivity contribution < 1.29 is 22.3 Å². The van der Waals surface area contributed by atoms with Gasteiger partial charge in [-0.05, 0) is 36.8 Å². The van der Waals surface area contributed by atoms with Gasteiger partial charge in [-0.15, -0.1) is 0 Å². The highest BCUT2D eigenvalue weighted by Gasteiger charge is 2.74. The zero-order chi connectivity index (χ0) is 18.2. The van der Waals surface area contributed by atoms with Crippen LogP contribution in [-0.2, 0) is 19.4 Å². The second kappa shape index (κ2) is 6.24. The Labute approximate surface area is 145 Å². The van der Waals surface area contributed by atoms with Crippen LogP contribution in [0.2, 0.25) is 0 Å². The van der Waals surface area contributed by atoms with Crippen molar-refractivity contribution in [2.24, 2.45) is 5.73 Å². The van der Waals surface area contributed by atoms with Crippen molar-refractivity contribution >= 4 is 15.8 Å². The van der Waals surface area contributed by atoms with E-state index in [0.29, 0.717) is 5.56 Å². The number of sulfone groups is 1. The average Bonchev–Trinajstić information content (AvgIpc) is 3.25. The summed E-state index contributed by atoms with van der Waals surface area (Å²) in [6, 6.07) is 13.1. The fourth-order valence-electron chi connectivity index (χ4n) is 3.19.